The molecule has 3 aromatic rings. The number of carbonyl (C=O) groups is 1. The summed E-state index contributed by atoms with van der Waals surface area (Å²) in [6, 6.07) is 4.03. The highest BCUT2D eigenvalue weighted by Crippen LogP contribution is 2.48. The third-order valence-corrected chi connectivity index (χ3v) is 9.99. The molecule has 0 saturated carbocycles. The topological polar surface area (TPSA) is 102 Å². The number of hydrogen-bond acceptors (Lipinski definition) is 10. The number of para-hydroxylation sites is 1. The summed E-state index contributed by atoms with van der Waals surface area (Å²) < 4.78 is 65.9. The Bertz CT molecular complexity index is 1730. The Balaban J connectivity index is 1.18. The third-order valence-electron chi connectivity index (χ3n) is 9.99. The van der Waals surface area contributed by atoms with Crippen molar-refractivity contribution in [2.45, 2.75) is 88.8 Å². The lowest BCUT2D eigenvalue weighted by molar-refractivity contribution is -0.286. The van der Waals surface area contributed by atoms with Gasteiger partial charge >= 0.3 is 18.4 Å². The zero-order chi connectivity index (χ0) is 32.7. The molecule has 47 heavy (non-hydrogen) atoms. The number of anilines is 1. The van der Waals surface area contributed by atoms with Gasteiger partial charge in [0.15, 0.2) is 17.3 Å². The van der Waals surface area contributed by atoms with Gasteiger partial charge in [-0.1, -0.05) is 6.07 Å². The molecule has 4 fully saturated rings. The first-order chi connectivity index (χ1) is 22.4. The second-order valence-corrected chi connectivity index (χ2v) is 14.2. The van der Waals surface area contributed by atoms with E-state index in [4.69, 9.17) is 19.2 Å². The molecular formula is C33H37F3N6O5. The normalized spacial score (nSPS) is 24.2. The molecule has 14 heteroatoms. The van der Waals surface area contributed by atoms with Crippen molar-refractivity contribution < 1.29 is 36.9 Å². The van der Waals surface area contributed by atoms with E-state index in [1.807, 2.05) is 30.6 Å². The molecule has 2 bridgehead atoms. The summed E-state index contributed by atoms with van der Waals surface area (Å²) in [4.78, 5) is 33.2. The molecule has 0 radical (unpaired) electrons. The van der Waals surface area contributed by atoms with Crippen molar-refractivity contribution in [2.24, 2.45) is 0 Å². The number of alkyl halides is 2. The standard InChI is InChI=1S/C33H37F3N6O5/c1-31(2,3)47-30(43)42-19-9-10-20(42)17-40(16-19)28-22-15-37-25(21-7-4-8-23-27(21)46-33(35,36)45-23)24(34)26(22)38-29(39-28)44-18-32-11-5-13-41(32)14-6-12-32/h4,7-8,15,19-20H,5-6,9-14,16-18H2,1-3H3/t19-,20+. The molecule has 4 saturated heterocycles. The van der Waals surface area contributed by atoms with Gasteiger partial charge in [0.25, 0.3) is 0 Å². The number of piperazine rings is 1. The van der Waals surface area contributed by atoms with Crippen LogP contribution in [0.15, 0.2) is 24.4 Å². The van der Waals surface area contributed by atoms with Crippen LogP contribution in [0.3, 0.4) is 0 Å². The molecule has 1 amide bonds. The average Bonchev–Trinajstić information content (AvgIpc) is 3.74. The van der Waals surface area contributed by atoms with Crippen molar-refractivity contribution in [3.63, 3.8) is 0 Å². The zero-order valence-corrected chi connectivity index (χ0v) is 26.6. The summed E-state index contributed by atoms with van der Waals surface area (Å²) in [5, 5.41) is 0.348. The highest BCUT2D eigenvalue weighted by Gasteiger charge is 2.47. The summed E-state index contributed by atoms with van der Waals surface area (Å²) in [5.41, 5.74) is -0.961. The minimum absolute atomic E-state index is 0.0113. The Morgan fingerprint density at radius 3 is 2.49 bits per heavy atom. The van der Waals surface area contributed by atoms with Crippen LogP contribution in [0.25, 0.3) is 22.2 Å². The van der Waals surface area contributed by atoms with E-state index in [0.29, 0.717) is 30.9 Å². The lowest BCUT2D eigenvalue weighted by Gasteiger charge is -2.42. The van der Waals surface area contributed by atoms with E-state index in [2.05, 4.69) is 19.6 Å². The molecule has 0 spiro atoms. The van der Waals surface area contributed by atoms with Crippen molar-refractivity contribution in [3.05, 3.63) is 30.2 Å². The number of fused-ring (bicyclic) bond motifs is 5. The van der Waals surface area contributed by atoms with E-state index in [0.717, 1.165) is 51.6 Å². The molecule has 1 aromatic carbocycles. The van der Waals surface area contributed by atoms with Crippen molar-refractivity contribution in [2.75, 3.05) is 37.7 Å². The Labute approximate surface area is 269 Å². The lowest BCUT2D eigenvalue weighted by Crippen LogP contribution is -2.57. The molecule has 2 atom stereocenters. The van der Waals surface area contributed by atoms with Crippen LogP contribution in [0.1, 0.15) is 59.3 Å². The van der Waals surface area contributed by atoms with Crippen molar-refractivity contribution in [1.29, 1.82) is 0 Å². The van der Waals surface area contributed by atoms with Crippen LogP contribution in [0.2, 0.25) is 0 Å². The monoisotopic (exact) mass is 654 g/mol. The minimum atomic E-state index is -3.88. The first-order valence-electron chi connectivity index (χ1n) is 16.3. The second kappa shape index (κ2) is 10.7. The second-order valence-electron chi connectivity index (χ2n) is 14.2. The molecule has 0 aliphatic carbocycles. The number of benzene rings is 1. The van der Waals surface area contributed by atoms with E-state index in [9.17, 15) is 13.6 Å². The van der Waals surface area contributed by atoms with E-state index >= 15 is 4.39 Å². The Kier molecular flexibility index (Phi) is 6.91. The maximum absolute atomic E-state index is 16.6. The molecule has 0 unspecified atom stereocenters. The fourth-order valence-corrected chi connectivity index (χ4v) is 8.02. The van der Waals surface area contributed by atoms with E-state index in [-0.39, 0.29) is 58.0 Å². The minimum Gasteiger partial charge on any atom is -0.461 e. The molecule has 7 heterocycles. The van der Waals surface area contributed by atoms with Gasteiger partial charge in [-0.2, -0.15) is 9.97 Å². The number of amides is 1. The predicted molar refractivity (Wildman–Crippen MR) is 164 cm³/mol. The fraction of sp³-hybridized carbons (Fsp3) is 0.576. The van der Waals surface area contributed by atoms with Gasteiger partial charge < -0.3 is 23.8 Å². The van der Waals surface area contributed by atoms with Crippen molar-refractivity contribution in [1.82, 2.24) is 24.8 Å². The molecular weight excluding hydrogens is 617 g/mol. The van der Waals surface area contributed by atoms with Crippen LogP contribution in [0.4, 0.5) is 23.8 Å². The highest BCUT2D eigenvalue weighted by atomic mass is 19.3. The van der Waals surface area contributed by atoms with E-state index in [1.54, 1.807) is 0 Å². The van der Waals surface area contributed by atoms with Crippen LogP contribution in [0.5, 0.6) is 17.5 Å². The molecule has 5 aliphatic heterocycles. The van der Waals surface area contributed by atoms with Crippen LogP contribution in [0, 0.1) is 5.82 Å². The van der Waals surface area contributed by atoms with Gasteiger partial charge in [0.05, 0.1) is 23.0 Å². The van der Waals surface area contributed by atoms with Gasteiger partial charge in [-0.15, -0.1) is 8.78 Å². The Morgan fingerprint density at radius 2 is 1.79 bits per heavy atom. The lowest BCUT2D eigenvalue weighted by atomic mass is 9.95. The quantitative estimate of drug-likeness (QED) is 0.338. The summed E-state index contributed by atoms with van der Waals surface area (Å²) in [6.45, 7) is 8.86. The van der Waals surface area contributed by atoms with Crippen molar-refractivity contribution in [3.8, 4) is 28.8 Å². The number of ether oxygens (including phenoxy) is 4. The predicted octanol–water partition coefficient (Wildman–Crippen LogP) is 5.75. The molecule has 5 aliphatic rings. The van der Waals surface area contributed by atoms with Gasteiger partial charge in [0.2, 0.25) is 0 Å². The summed E-state index contributed by atoms with van der Waals surface area (Å²) in [5.74, 6) is -0.887. The summed E-state index contributed by atoms with van der Waals surface area (Å²) in [6.07, 6.45) is 3.04. The number of carbonyl (C=O) groups excluding carboxylic acids is 1. The van der Waals surface area contributed by atoms with Crippen LogP contribution in [-0.4, -0.2) is 93.1 Å². The number of aromatic nitrogens is 3. The van der Waals surface area contributed by atoms with Crippen LogP contribution >= 0.6 is 0 Å². The van der Waals surface area contributed by atoms with Gasteiger partial charge in [-0.05, 0) is 84.5 Å². The number of halogens is 3. The van der Waals surface area contributed by atoms with E-state index in [1.165, 1.54) is 24.4 Å². The molecule has 2 aromatic heterocycles. The first-order valence-corrected chi connectivity index (χ1v) is 16.3. The molecule has 250 valence electrons. The largest absolute Gasteiger partial charge is 0.586 e. The van der Waals surface area contributed by atoms with Gasteiger partial charge in [0.1, 0.15) is 29.2 Å². The van der Waals surface area contributed by atoms with Gasteiger partial charge in [0, 0.05) is 24.8 Å². The van der Waals surface area contributed by atoms with Gasteiger partial charge in [-0.3, -0.25) is 14.8 Å². The number of pyridine rings is 1. The van der Waals surface area contributed by atoms with E-state index < -0.39 is 17.7 Å². The smallest absolute Gasteiger partial charge is 0.461 e. The Morgan fingerprint density at radius 1 is 1.06 bits per heavy atom. The maximum Gasteiger partial charge on any atom is 0.586 e. The number of hydrogen-bond donors (Lipinski definition) is 0. The van der Waals surface area contributed by atoms with Crippen LogP contribution in [-0.2, 0) is 4.74 Å². The average molecular weight is 655 g/mol. The number of nitrogens with zero attached hydrogens (tertiary/aromatic N) is 6. The first kappa shape index (κ1) is 30.3. The Hall–Kier alpha value is -4.07. The van der Waals surface area contributed by atoms with Crippen molar-refractivity contribution >= 4 is 22.8 Å². The fourth-order valence-electron chi connectivity index (χ4n) is 8.02. The molecule has 11 nitrogen and oxygen atoms in total. The SMILES string of the molecule is CC(C)(C)OC(=O)N1[C@@H]2CC[C@H]1CN(c1nc(OCC34CCCN3CCC4)nc3c(F)c(-c4cccc5c4OC(F)(F)O5)ncc13)C2. The molecule has 0 N–H and O–H groups in total. The third kappa shape index (κ3) is 5.24. The molecule has 8 rings (SSSR count). The maximum atomic E-state index is 16.6. The summed E-state index contributed by atoms with van der Waals surface area (Å²) >= 11 is 0. The zero-order valence-electron chi connectivity index (χ0n) is 26.6. The number of rotatable bonds is 5. The highest BCUT2D eigenvalue weighted by molar-refractivity contribution is 5.93. The van der Waals surface area contributed by atoms with Gasteiger partial charge in [-0.25, -0.2) is 9.18 Å². The summed E-state index contributed by atoms with van der Waals surface area (Å²) in [7, 11) is 0. The van der Waals surface area contributed by atoms with Crippen LogP contribution < -0.4 is 19.1 Å².